The highest BCUT2D eigenvalue weighted by Gasteiger charge is 2.27. The van der Waals surface area contributed by atoms with E-state index in [9.17, 15) is 0 Å². The summed E-state index contributed by atoms with van der Waals surface area (Å²) >= 11 is 0. The highest BCUT2D eigenvalue weighted by atomic mass is 15.0. The number of hydrogen-bond donors (Lipinski definition) is 2. The Hall–Kier alpha value is -0.860. The predicted octanol–water partition coefficient (Wildman–Crippen LogP) is 2.34. The molecule has 0 aromatic heterocycles. The van der Waals surface area contributed by atoms with Crippen molar-refractivity contribution in [2.45, 2.75) is 38.8 Å². The Balaban J connectivity index is 1.44. The van der Waals surface area contributed by atoms with Crippen LogP contribution in [-0.2, 0) is 13.0 Å². The van der Waals surface area contributed by atoms with Gasteiger partial charge in [0.2, 0.25) is 0 Å². The van der Waals surface area contributed by atoms with Gasteiger partial charge in [-0.2, -0.15) is 0 Å². The lowest BCUT2D eigenvalue weighted by molar-refractivity contribution is 0.407. The van der Waals surface area contributed by atoms with Crippen molar-refractivity contribution in [2.75, 3.05) is 13.1 Å². The van der Waals surface area contributed by atoms with E-state index in [2.05, 4.69) is 41.8 Å². The quantitative estimate of drug-likeness (QED) is 0.831. The molecule has 2 atom stereocenters. The van der Waals surface area contributed by atoms with Crippen LogP contribution in [0.1, 0.15) is 30.9 Å². The molecule has 1 aliphatic carbocycles. The van der Waals surface area contributed by atoms with Crippen molar-refractivity contribution in [1.82, 2.24) is 10.6 Å². The minimum Gasteiger partial charge on any atom is -0.315 e. The molecule has 1 saturated carbocycles. The monoisotopic (exact) mass is 244 g/mol. The number of nitrogens with one attached hydrogen (secondary N) is 2. The fourth-order valence-electron chi connectivity index (χ4n) is 2.98. The van der Waals surface area contributed by atoms with Crippen LogP contribution in [0.4, 0.5) is 0 Å². The van der Waals surface area contributed by atoms with E-state index in [1.807, 2.05) is 0 Å². The average Bonchev–Trinajstić information content (AvgIpc) is 3.23. The summed E-state index contributed by atoms with van der Waals surface area (Å²) in [6.45, 7) is 5.70. The molecule has 2 unspecified atom stereocenters. The first-order chi connectivity index (χ1) is 8.83. The molecule has 0 amide bonds. The number of hydrogen-bond acceptors (Lipinski definition) is 2. The lowest BCUT2D eigenvalue weighted by Gasteiger charge is -2.27. The van der Waals surface area contributed by atoms with Gasteiger partial charge in [0.15, 0.2) is 0 Å². The third-order valence-corrected chi connectivity index (χ3v) is 4.45. The van der Waals surface area contributed by atoms with Gasteiger partial charge >= 0.3 is 0 Å². The van der Waals surface area contributed by atoms with Crippen molar-refractivity contribution in [3.05, 3.63) is 35.4 Å². The molecule has 1 aromatic rings. The van der Waals surface area contributed by atoms with Crippen LogP contribution in [-0.4, -0.2) is 19.1 Å². The molecule has 2 nitrogen and oxygen atoms in total. The standard InChI is InChI=1S/C16H24N2/c1-12(13-6-7-13)9-17-11-16-8-14-4-2-3-5-15(14)10-18-16/h2-5,12-13,16-18H,6-11H2,1H3. The molecule has 2 N–H and O–H groups in total. The Bertz CT molecular complexity index is 398. The van der Waals surface area contributed by atoms with Gasteiger partial charge in [-0.3, -0.25) is 0 Å². The van der Waals surface area contributed by atoms with Crippen LogP contribution in [0.2, 0.25) is 0 Å². The second-order valence-electron chi connectivity index (χ2n) is 6.02. The molecule has 3 rings (SSSR count). The van der Waals surface area contributed by atoms with Crippen molar-refractivity contribution >= 4 is 0 Å². The first-order valence-corrected chi connectivity index (χ1v) is 7.34. The molecule has 1 aromatic carbocycles. The highest BCUT2D eigenvalue weighted by Crippen LogP contribution is 2.36. The predicted molar refractivity (Wildman–Crippen MR) is 75.5 cm³/mol. The van der Waals surface area contributed by atoms with Gasteiger partial charge in [0, 0.05) is 19.1 Å². The average molecular weight is 244 g/mol. The Morgan fingerprint density at radius 2 is 2.06 bits per heavy atom. The lowest BCUT2D eigenvalue weighted by atomic mass is 9.96. The smallest absolute Gasteiger partial charge is 0.0236 e. The van der Waals surface area contributed by atoms with Crippen molar-refractivity contribution in [1.29, 1.82) is 0 Å². The summed E-state index contributed by atoms with van der Waals surface area (Å²) in [7, 11) is 0. The van der Waals surface area contributed by atoms with E-state index in [1.54, 1.807) is 0 Å². The van der Waals surface area contributed by atoms with E-state index in [0.717, 1.165) is 24.9 Å². The molecular formula is C16H24N2. The van der Waals surface area contributed by atoms with E-state index in [0.29, 0.717) is 6.04 Å². The first-order valence-electron chi connectivity index (χ1n) is 7.34. The van der Waals surface area contributed by atoms with Gasteiger partial charge < -0.3 is 10.6 Å². The maximum atomic E-state index is 3.64. The van der Waals surface area contributed by atoms with Gasteiger partial charge in [-0.05, 0) is 48.8 Å². The minimum absolute atomic E-state index is 0.603. The van der Waals surface area contributed by atoms with Gasteiger partial charge in [0.1, 0.15) is 0 Å². The van der Waals surface area contributed by atoms with Crippen molar-refractivity contribution in [2.24, 2.45) is 11.8 Å². The maximum absolute atomic E-state index is 3.64. The maximum Gasteiger partial charge on any atom is 0.0236 e. The number of benzene rings is 1. The minimum atomic E-state index is 0.603. The van der Waals surface area contributed by atoms with Crippen LogP contribution in [0.15, 0.2) is 24.3 Å². The molecular weight excluding hydrogens is 220 g/mol. The van der Waals surface area contributed by atoms with Crippen LogP contribution in [0, 0.1) is 11.8 Å². The molecule has 0 saturated heterocycles. The van der Waals surface area contributed by atoms with Crippen LogP contribution >= 0.6 is 0 Å². The van der Waals surface area contributed by atoms with E-state index < -0.39 is 0 Å². The summed E-state index contributed by atoms with van der Waals surface area (Å²) in [5, 5.41) is 7.28. The van der Waals surface area contributed by atoms with Gasteiger partial charge in [0.05, 0.1) is 0 Å². The lowest BCUT2D eigenvalue weighted by Crippen LogP contribution is -2.43. The molecule has 2 heteroatoms. The molecule has 1 aliphatic heterocycles. The molecule has 0 radical (unpaired) electrons. The molecule has 0 bridgehead atoms. The Morgan fingerprint density at radius 3 is 2.83 bits per heavy atom. The molecule has 2 aliphatic rings. The van der Waals surface area contributed by atoms with E-state index in [-0.39, 0.29) is 0 Å². The summed E-state index contributed by atoms with van der Waals surface area (Å²) in [5.41, 5.74) is 3.00. The highest BCUT2D eigenvalue weighted by molar-refractivity contribution is 5.29. The van der Waals surface area contributed by atoms with Gasteiger partial charge in [-0.25, -0.2) is 0 Å². The topological polar surface area (TPSA) is 24.1 Å². The van der Waals surface area contributed by atoms with Crippen molar-refractivity contribution < 1.29 is 0 Å². The van der Waals surface area contributed by atoms with Crippen molar-refractivity contribution in [3.63, 3.8) is 0 Å². The van der Waals surface area contributed by atoms with Gasteiger partial charge in [-0.15, -0.1) is 0 Å². The largest absolute Gasteiger partial charge is 0.315 e. The molecule has 18 heavy (non-hydrogen) atoms. The van der Waals surface area contributed by atoms with E-state index >= 15 is 0 Å². The zero-order chi connectivity index (χ0) is 12.4. The summed E-state index contributed by atoms with van der Waals surface area (Å²) < 4.78 is 0. The van der Waals surface area contributed by atoms with Crippen LogP contribution in [0.25, 0.3) is 0 Å². The SMILES string of the molecule is CC(CNCC1Cc2ccccc2CN1)C1CC1. The fraction of sp³-hybridized carbons (Fsp3) is 0.625. The normalized spacial score (nSPS) is 24.6. The number of fused-ring (bicyclic) bond motifs is 1. The second-order valence-corrected chi connectivity index (χ2v) is 6.02. The fourth-order valence-corrected chi connectivity index (χ4v) is 2.98. The summed E-state index contributed by atoms with van der Waals surface area (Å²) in [6.07, 6.45) is 4.08. The zero-order valence-corrected chi connectivity index (χ0v) is 11.3. The van der Waals surface area contributed by atoms with Crippen LogP contribution in [0.5, 0.6) is 0 Å². The van der Waals surface area contributed by atoms with E-state index in [1.165, 1.54) is 36.9 Å². The van der Waals surface area contributed by atoms with E-state index in [4.69, 9.17) is 0 Å². The molecule has 1 heterocycles. The third kappa shape index (κ3) is 2.93. The van der Waals surface area contributed by atoms with Gasteiger partial charge in [-0.1, -0.05) is 31.2 Å². The summed E-state index contributed by atoms with van der Waals surface area (Å²) in [4.78, 5) is 0. The number of rotatable bonds is 5. The molecule has 1 fully saturated rings. The molecule has 98 valence electrons. The Morgan fingerprint density at radius 1 is 1.28 bits per heavy atom. The second kappa shape index (κ2) is 5.41. The van der Waals surface area contributed by atoms with Crippen LogP contribution < -0.4 is 10.6 Å². The molecule has 0 spiro atoms. The third-order valence-electron chi connectivity index (χ3n) is 4.45. The summed E-state index contributed by atoms with van der Waals surface area (Å²) in [5.74, 6) is 1.87. The Labute approximate surface area is 110 Å². The summed E-state index contributed by atoms with van der Waals surface area (Å²) in [6, 6.07) is 9.41. The zero-order valence-electron chi connectivity index (χ0n) is 11.3. The van der Waals surface area contributed by atoms with Gasteiger partial charge in [0.25, 0.3) is 0 Å². The van der Waals surface area contributed by atoms with Crippen molar-refractivity contribution in [3.8, 4) is 0 Å². The first kappa shape index (κ1) is 12.2. The van der Waals surface area contributed by atoms with Crippen LogP contribution in [0.3, 0.4) is 0 Å². The Kier molecular flexibility index (Phi) is 3.67.